The molecule has 1 aliphatic rings. The summed E-state index contributed by atoms with van der Waals surface area (Å²) in [7, 11) is 1.31. The molecule has 1 N–H and O–H groups in total. The average Bonchev–Trinajstić information content (AvgIpc) is 3.42. The summed E-state index contributed by atoms with van der Waals surface area (Å²) in [5, 5.41) is 11.3. The first-order valence-electron chi connectivity index (χ1n) is 10.3. The molecule has 1 fully saturated rings. The third-order valence-corrected chi connectivity index (χ3v) is 5.90. The van der Waals surface area contributed by atoms with E-state index in [0.29, 0.717) is 40.6 Å². The molecule has 0 spiro atoms. The number of likely N-dealkylation sites (tertiary alicyclic amines) is 1. The summed E-state index contributed by atoms with van der Waals surface area (Å²) in [5.74, 6) is -0.605. The van der Waals surface area contributed by atoms with Crippen molar-refractivity contribution < 1.29 is 23.2 Å². The number of anilines is 1. The first-order chi connectivity index (χ1) is 16.3. The van der Waals surface area contributed by atoms with Crippen LogP contribution in [0.1, 0.15) is 27.7 Å². The van der Waals surface area contributed by atoms with Crippen molar-refractivity contribution in [3.05, 3.63) is 64.5 Å². The normalized spacial score (nSPS) is 13.7. The van der Waals surface area contributed by atoms with Crippen molar-refractivity contribution in [1.29, 1.82) is 0 Å². The molecule has 0 saturated carbocycles. The molecule has 0 atom stereocenters. The van der Waals surface area contributed by atoms with Gasteiger partial charge >= 0.3 is 6.09 Å². The Hall–Kier alpha value is -3.99. The second-order valence-corrected chi connectivity index (χ2v) is 8.28. The van der Waals surface area contributed by atoms with Gasteiger partial charge in [-0.25, -0.2) is 13.7 Å². The Labute approximate surface area is 197 Å². The molecule has 3 aromatic heterocycles. The number of rotatable bonds is 4. The van der Waals surface area contributed by atoms with Gasteiger partial charge in [0.15, 0.2) is 0 Å². The number of nitrogens with one attached hydrogen (secondary N) is 1. The van der Waals surface area contributed by atoms with Crippen molar-refractivity contribution in [2.75, 3.05) is 25.5 Å². The highest BCUT2D eigenvalue weighted by Gasteiger charge is 2.36. The van der Waals surface area contributed by atoms with Gasteiger partial charge in [-0.2, -0.15) is 10.1 Å². The Balaban J connectivity index is 1.38. The highest BCUT2D eigenvalue weighted by Crippen LogP contribution is 2.31. The zero-order valence-electron chi connectivity index (χ0n) is 18.1. The van der Waals surface area contributed by atoms with Crippen LogP contribution in [0.3, 0.4) is 0 Å². The van der Waals surface area contributed by atoms with Crippen LogP contribution in [-0.4, -0.2) is 56.9 Å². The van der Waals surface area contributed by atoms with Gasteiger partial charge in [-0.05, 0) is 31.2 Å². The molecule has 0 bridgehead atoms. The maximum atomic E-state index is 14.7. The predicted octanol–water partition coefficient (Wildman–Crippen LogP) is 3.90. The molecule has 0 unspecified atom stereocenters. The summed E-state index contributed by atoms with van der Waals surface area (Å²) >= 11 is 5.97. The van der Waals surface area contributed by atoms with Gasteiger partial charge in [-0.1, -0.05) is 16.8 Å². The number of hydrogen-bond acceptors (Lipinski definition) is 7. The number of halogens is 2. The minimum atomic E-state index is -0.536. The van der Waals surface area contributed by atoms with Crippen LogP contribution in [0.4, 0.5) is 14.9 Å². The van der Waals surface area contributed by atoms with Gasteiger partial charge in [0.25, 0.3) is 5.91 Å². The second kappa shape index (κ2) is 8.41. The van der Waals surface area contributed by atoms with E-state index < -0.39 is 17.8 Å². The maximum absolute atomic E-state index is 14.7. The van der Waals surface area contributed by atoms with Crippen LogP contribution >= 0.6 is 11.6 Å². The van der Waals surface area contributed by atoms with Crippen molar-refractivity contribution in [2.45, 2.75) is 12.8 Å². The number of nitrogens with zero attached hydrogens (tertiary/aromatic N) is 5. The molecule has 4 aromatic rings. The van der Waals surface area contributed by atoms with Gasteiger partial charge in [-0.3, -0.25) is 4.79 Å². The molecule has 1 saturated heterocycles. The standard InChI is InChI=1S/C22H18ClFN6O4/c1-11-16(24)5-12(19-27-21(34-28-19)13-8-29(9-13)22(32)33-2)6-17(11)26-20(31)15-7-25-30-10-14(23)3-4-18(15)30/h3-7,10,13H,8-9H2,1-2H3,(H,26,31). The maximum Gasteiger partial charge on any atom is 0.409 e. The Morgan fingerprint density at radius 1 is 1.29 bits per heavy atom. The molecule has 2 amide bonds. The van der Waals surface area contributed by atoms with Crippen molar-refractivity contribution >= 4 is 34.8 Å². The summed E-state index contributed by atoms with van der Waals surface area (Å²) in [4.78, 5) is 30.3. The van der Waals surface area contributed by atoms with Crippen LogP contribution in [0.15, 0.2) is 41.2 Å². The van der Waals surface area contributed by atoms with Crippen LogP contribution < -0.4 is 5.32 Å². The number of fused-ring (bicyclic) bond motifs is 1. The fourth-order valence-electron chi connectivity index (χ4n) is 3.69. The van der Waals surface area contributed by atoms with Gasteiger partial charge < -0.3 is 19.5 Å². The van der Waals surface area contributed by atoms with Crippen LogP contribution in [0.2, 0.25) is 5.02 Å². The third-order valence-electron chi connectivity index (χ3n) is 5.68. The number of aromatic nitrogens is 4. The van der Waals surface area contributed by atoms with E-state index in [0.717, 1.165) is 0 Å². The van der Waals surface area contributed by atoms with Crippen LogP contribution in [-0.2, 0) is 4.74 Å². The molecule has 1 aliphatic heterocycles. The van der Waals surface area contributed by atoms with Crippen LogP contribution in [0, 0.1) is 12.7 Å². The van der Waals surface area contributed by atoms with E-state index in [1.807, 2.05) is 0 Å². The van der Waals surface area contributed by atoms with Crippen LogP contribution in [0.25, 0.3) is 16.9 Å². The van der Waals surface area contributed by atoms with E-state index in [4.69, 9.17) is 16.1 Å². The monoisotopic (exact) mass is 484 g/mol. The smallest absolute Gasteiger partial charge is 0.409 e. The average molecular weight is 485 g/mol. The topological polar surface area (TPSA) is 115 Å². The number of pyridine rings is 1. The van der Waals surface area contributed by atoms with Crippen molar-refractivity contribution in [3.63, 3.8) is 0 Å². The first kappa shape index (κ1) is 21.8. The number of hydrogen-bond donors (Lipinski definition) is 1. The van der Waals surface area contributed by atoms with Gasteiger partial charge in [0, 0.05) is 36.1 Å². The van der Waals surface area contributed by atoms with E-state index in [1.165, 1.54) is 28.8 Å². The third kappa shape index (κ3) is 3.83. The Bertz CT molecular complexity index is 1430. The lowest BCUT2D eigenvalue weighted by Crippen LogP contribution is -2.48. The molecule has 0 radical (unpaired) electrons. The summed E-state index contributed by atoms with van der Waals surface area (Å²) < 4.78 is 26.2. The van der Waals surface area contributed by atoms with Crippen LogP contribution in [0.5, 0.6) is 0 Å². The minimum absolute atomic E-state index is 0.126. The van der Waals surface area contributed by atoms with Gasteiger partial charge in [0.05, 0.1) is 35.3 Å². The predicted molar refractivity (Wildman–Crippen MR) is 119 cm³/mol. The van der Waals surface area contributed by atoms with Gasteiger partial charge in [-0.15, -0.1) is 0 Å². The van der Waals surface area contributed by atoms with E-state index in [2.05, 4.69) is 25.3 Å². The van der Waals surface area contributed by atoms with E-state index in [-0.39, 0.29) is 23.0 Å². The molecule has 4 heterocycles. The molecule has 0 aliphatic carbocycles. The Morgan fingerprint density at radius 2 is 2.09 bits per heavy atom. The largest absolute Gasteiger partial charge is 0.453 e. The first-order valence-corrected chi connectivity index (χ1v) is 10.6. The molecule has 1 aromatic carbocycles. The lowest BCUT2D eigenvalue weighted by Gasteiger charge is -2.35. The lowest BCUT2D eigenvalue weighted by molar-refractivity contribution is 0.0804. The zero-order valence-corrected chi connectivity index (χ0v) is 18.8. The highest BCUT2D eigenvalue weighted by molar-refractivity contribution is 6.30. The van der Waals surface area contributed by atoms with E-state index in [1.54, 1.807) is 31.3 Å². The SMILES string of the molecule is COC(=O)N1CC(c2nc(-c3cc(F)c(C)c(NC(=O)c4cnn5cc(Cl)ccc45)c3)no2)C1. The summed E-state index contributed by atoms with van der Waals surface area (Å²) in [6, 6.07) is 6.19. The number of carbonyl (C=O) groups is 2. The Kier molecular flexibility index (Phi) is 5.40. The quantitative estimate of drug-likeness (QED) is 0.467. The number of benzene rings is 1. The summed E-state index contributed by atoms with van der Waals surface area (Å²) in [5.41, 5.74) is 1.72. The van der Waals surface area contributed by atoms with E-state index >= 15 is 0 Å². The number of ether oxygens (including phenoxy) is 1. The molecule has 5 rings (SSSR count). The molecule has 12 heteroatoms. The fourth-order valence-corrected chi connectivity index (χ4v) is 3.85. The van der Waals surface area contributed by atoms with Crippen molar-refractivity contribution in [3.8, 4) is 11.4 Å². The number of methoxy groups -OCH3 is 1. The van der Waals surface area contributed by atoms with Crippen molar-refractivity contribution in [2.24, 2.45) is 0 Å². The Morgan fingerprint density at radius 3 is 2.85 bits per heavy atom. The second-order valence-electron chi connectivity index (χ2n) is 7.85. The molecule has 34 heavy (non-hydrogen) atoms. The summed E-state index contributed by atoms with van der Waals surface area (Å²) in [6.07, 6.45) is 2.57. The highest BCUT2D eigenvalue weighted by atomic mass is 35.5. The van der Waals surface area contributed by atoms with Gasteiger partial charge in [0.2, 0.25) is 11.7 Å². The minimum Gasteiger partial charge on any atom is -0.453 e. The molecule has 174 valence electrons. The zero-order chi connectivity index (χ0) is 24.0. The van der Waals surface area contributed by atoms with Crippen molar-refractivity contribution in [1.82, 2.24) is 24.7 Å². The molecule has 10 nitrogen and oxygen atoms in total. The molecular formula is C22H18ClFN6O4. The fraction of sp³-hybridized carbons (Fsp3) is 0.227. The lowest BCUT2D eigenvalue weighted by atomic mass is 10.0. The number of carbonyl (C=O) groups excluding carboxylic acids is 2. The summed E-state index contributed by atoms with van der Waals surface area (Å²) in [6.45, 7) is 2.34. The molecular weight excluding hydrogens is 467 g/mol. The number of amides is 2. The van der Waals surface area contributed by atoms with E-state index in [9.17, 15) is 14.0 Å². The van der Waals surface area contributed by atoms with Gasteiger partial charge in [0.1, 0.15) is 5.82 Å².